The zero-order valence-electron chi connectivity index (χ0n) is 19.7. The number of sulfonamides is 1. The van der Waals surface area contributed by atoms with Gasteiger partial charge in [0.05, 0.1) is 6.04 Å². The summed E-state index contributed by atoms with van der Waals surface area (Å²) < 4.78 is 49.4. The van der Waals surface area contributed by atoms with Crippen LogP contribution in [-0.4, -0.2) is 36.7 Å². The van der Waals surface area contributed by atoms with Crippen molar-refractivity contribution < 1.29 is 22.7 Å². The number of ether oxygens (including phenoxy) is 1. The van der Waals surface area contributed by atoms with Crippen LogP contribution in [0, 0.1) is 17.1 Å². The first-order chi connectivity index (χ1) is 17.1. The Bertz CT molecular complexity index is 1430. The van der Waals surface area contributed by atoms with E-state index in [1.807, 2.05) is 6.07 Å². The number of amidine groups is 1. The molecule has 0 amide bonds. The van der Waals surface area contributed by atoms with Gasteiger partial charge in [0, 0.05) is 18.4 Å². The Hall–Kier alpha value is -3.81. The fourth-order valence-corrected chi connectivity index (χ4v) is 6.10. The molecule has 0 aliphatic carbocycles. The topological polar surface area (TPSA) is 125 Å². The van der Waals surface area contributed by atoms with Crippen molar-refractivity contribution >= 4 is 16.0 Å². The van der Waals surface area contributed by atoms with E-state index in [1.54, 1.807) is 62.5 Å². The number of benzene rings is 2. The Labute approximate surface area is 209 Å². The first-order valence-electron chi connectivity index (χ1n) is 11.2. The van der Waals surface area contributed by atoms with E-state index in [0.717, 1.165) is 11.1 Å². The summed E-state index contributed by atoms with van der Waals surface area (Å²) >= 11 is 0. The minimum Gasteiger partial charge on any atom is -0.457 e. The zero-order chi connectivity index (χ0) is 25.9. The second-order valence-corrected chi connectivity index (χ2v) is 10.6. The van der Waals surface area contributed by atoms with Crippen LogP contribution in [0.3, 0.4) is 0 Å². The summed E-state index contributed by atoms with van der Waals surface area (Å²) in [6.07, 6.45) is 1.63. The molecular formula is C26H25FN4O4S. The van der Waals surface area contributed by atoms with Crippen molar-refractivity contribution in [2.45, 2.75) is 37.2 Å². The number of aliphatic hydroxyl groups excluding tert-OH is 1. The third-order valence-corrected chi connectivity index (χ3v) is 7.81. The largest absolute Gasteiger partial charge is 0.457 e. The summed E-state index contributed by atoms with van der Waals surface area (Å²) in [5.41, 5.74) is 1.39. The molecule has 4 rings (SSSR count). The van der Waals surface area contributed by atoms with E-state index in [2.05, 4.69) is 14.7 Å². The lowest BCUT2D eigenvalue weighted by Gasteiger charge is -2.39. The molecule has 1 saturated heterocycles. The van der Waals surface area contributed by atoms with E-state index in [0.29, 0.717) is 5.56 Å². The number of halogens is 1. The van der Waals surface area contributed by atoms with Crippen LogP contribution in [0.5, 0.6) is 0 Å². The molecule has 0 bridgehead atoms. The summed E-state index contributed by atoms with van der Waals surface area (Å²) in [5, 5.41) is 17.5. The van der Waals surface area contributed by atoms with Gasteiger partial charge in [-0.3, -0.25) is 0 Å². The first kappa shape index (κ1) is 25.3. The number of rotatable bonds is 6. The minimum absolute atomic E-state index is 0.0867. The van der Waals surface area contributed by atoms with Crippen molar-refractivity contribution in [1.29, 1.82) is 5.26 Å². The van der Waals surface area contributed by atoms with Gasteiger partial charge in [0.2, 0.25) is 10.0 Å². The van der Waals surface area contributed by atoms with Crippen molar-refractivity contribution in [3.05, 3.63) is 89.5 Å². The minimum atomic E-state index is -3.99. The normalized spacial score (nSPS) is 20.1. The maximum atomic E-state index is 14.4. The molecular weight excluding hydrogens is 483 g/mol. The smallest absolute Gasteiger partial charge is 0.299 e. The quantitative estimate of drug-likeness (QED) is 0.518. The van der Waals surface area contributed by atoms with Gasteiger partial charge in [0.15, 0.2) is 0 Å². The van der Waals surface area contributed by atoms with E-state index >= 15 is 0 Å². The number of pyridine rings is 1. The summed E-state index contributed by atoms with van der Waals surface area (Å²) in [6, 6.07) is 17.3. The van der Waals surface area contributed by atoms with Gasteiger partial charge < -0.3 is 9.84 Å². The van der Waals surface area contributed by atoms with Crippen LogP contribution in [-0.2, 0) is 14.8 Å². The molecule has 0 saturated carbocycles. The number of hydrogen-bond donors (Lipinski definition) is 2. The molecule has 2 N–H and O–H groups in total. The van der Waals surface area contributed by atoms with Gasteiger partial charge in [-0.05, 0) is 55.2 Å². The second kappa shape index (κ2) is 10.0. The number of aliphatic hydroxyl groups is 1. The van der Waals surface area contributed by atoms with E-state index in [9.17, 15) is 17.9 Å². The highest BCUT2D eigenvalue weighted by atomic mass is 32.2. The molecule has 0 spiro atoms. The van der Waals surface area contributed by atoms with Gasteiger partial charge in [-0.1, -0.05) is 42.5 Å². The fourth-order valence-electron chi connectivity index (χ4n) is 4.33. The Balaban J connectivity index is 1.64. The van der Waals surface area contributed by atoms with Crippen LogP contribution in [0.4, 0.5) is 4.39 Å². The lowest BCUT2D eigenvalue weighted by molar-refractivity contribution is 0.0758. The van der Waals surface area contributed by atoms with Crippen molar-refractivity contribution in [3.63, 3.8) is 0 Å². The summed E-state index contributed by atoms with van der Waals surface area (Å²) in [4.78, 5) is 8.28. The molecule has 1 fully saturated rings. The van der Waals surface area contributed by atoms with Crippen molar-refractivity contribution in [3.8, 4) is 17.2 Å². The van der Waals surface area contributed by atoms with Crippen molar-refractivity contribution in [2.75, 3.05) is 6.61 Å². The van der Waals surface area contributed by atoms with Crippen LogP contribution in [0.1, 0.15) is 48.4 Å². The molecule has 1 aromatic heterocycles. The Morgan fingerprint density at radius 3 is 2.56 bits per heavy atom. The van der Waals surface area contributed by atoms with Crippen molar-refractivity contribution in [1.82, 2.24) is 9.71 Å². The average molecular weight is 509 g/mol. The van der Waals surface area contributed by atoms with E-state index in [-0.39, 0.29) is 30.3 Å². The van der Waals surface area contributed by atoms with Crippen LogP contribution in [0.2, 0.25) is 0 Å². The Kier molecular flexibility index (Phi) is 7.06. The average Bonchev–Trinajstić information content (AvgIpc) is 2.83. The van der Waals surface area contributed by atoms with Crippen LogP contribution in [0.25, 0.3) is 11.1 Å². The number of aliphatic imine (C=N–C) groups is 1. The number of nitrogens with one attached hydrogen (secondary N) is 1. The summed E-state index contributed by atoms with van der Waals surface area (Å²) in [5.74, 6) is -0.507. The first-order valence-corrected chi connectivity index (χ1v) is 12.8. The van der Waals surface area contributed by atoms with Crippen molar-refractivity contribution in [2.24, 2.45) is 4.99 Å². The number of nitrogens with zero attached hydrogens (tertiary/aromatic N) is 3. The molecule has 10 heteroatoms. The van der Waals surface area contributed by atoms with Gasteiger partial charge in [-0.15, -0.1) is 0 Å². The predicted octanol–water partition coefficient (Wildman–Crippen LogP) is 4.01. The van der Waals surface area contributed by atoms with E-state index < -0.39 is 32.7 Å². The third kappa shape index (κ3) is 5.22. The Morgan fingerprint density at radius 1 is 1.19 bits per heavy atom. The highest BCUT2D eigenvalue weighted by Crippen LogP contribution is 2.39. The molecule has 8 nitrogen and oxygen atoms in total. The van der Waals surface area contributed by atoms with Gasteiger partial charge in [-0.25, -0.2) is 27.5 Å². The van der Waals surface area contributed by atoms with Gasteiger partial charge in [0.1, 0.15) is 28.4 Å². The number of hydrogen-bond acceptors (Lipinski definition) is 7. The summed E-state index contributed by atoms with van der Waals surface area (Å²) in [7, 11) is -3.99. The van der Waals surface area contributed by atoms with Gasteiger partial charge in [0.25, 0.3) is 6.02 Å². The molecule has 2 aromatic carbocycles. The highest BCUT2D eigenvalue weighted by molar-refractivity contribution is 7.90. The SMILES string of the molecule is CC1(C)OC(=N[C@@H](CCO)c2ccccc2F)NS(=O)(=O)C1c1ccc(-c2ccnc(C#N)c2)cc1. The maximum Gasteiger partial charge on any atom is 0.299 e. The highest BCUT2D eigenvalue weighted by Gasteiger charge is 2.48. The lowest BCUT2D eigenvalue weighted by Crippen LogP contribution is -2.53. The molecule has 2 atom stereocenters. The van der Waals surface area contributed by atoms with Crippen LogP contribution in [0.15, 0.2) is 71.9 Å². The monoisotopic (exact) mass is 508 g/mol. The van der Waals surface area contributed by atoms with E-state index in [4.69, 9.17) is 10.00 Å². The fraction of sp³-hybridized carbons (Fsp3) is 0.269. The molecule has 1 unspecified atom stereocenters. The number of aromatic nitrogens is 1. The standard InChI is InChI=1S/C26H25FN4O4S/c1-26(2)24(18-9-7-17(8-10-18)19-11-13-29-20(15-19)16-28)36(33,34)31-25(35-26)30-23(12-14-32)21-5-3-4-6-22(21)27/h3-11,13,15,23-24,32H,12,14H2,1-2H3,(H,30,31)/t23-,24?/m0/s1. The number of nitriles is 1. The third-order valence-electron chi connectivity index (χ3n) is 5.89. The maximum absolute atomic E-state index is 14.4. The van der Waals surface area contributed by atoms with E-state index in [1.165, 1.54) is 18.2 Å². The summed E-state index contributed by atoms with van der Waals surface area (Å²) in [6.45, 7) is 3.02. The predicted molar refractivity (Wildman–Crippen MR) is 133 cm³/mol. The molecule has 0 radical (unpaired) electrons. The van der Waals surface area contributed by atoms with Crippen LogP contribution >= 0.6 is 0 Å². The van der Waals surface area contributed by atoms with Gasteiger partial charge in [-0.2, -0.15) is 5.26 Å². The van der Waals surface area contributed by atoms with Crippen LogP contribution < -0.4 is 4.72 Å². The Morgan fingerprint density at radius 2 is 1.92 bits per heavy atom. The lowest BCUT2D eigenvalue weighted by atomic mass is 9.95. The molecule has 1 aliphatic rings. The van der Waals surface area contributed by atoms with Gasteiger partial charge >= 0.3 is 0 Å². The molecule has 186 valence electrons. The molecule has 1 aliphatic heterocycles. The molecule has 36 heavy (non-hydrogen) atoms. The second-order valence-electron chi connectivity index (χ2n) is 8.88. The zero-order valence-corrected chi connectivity index (χ0v) is 20.5. The molecule has 3 aromatic rings. The molecule has 2 heterocycles.